The minimum Gasteiger partial charge on any atom is -0.369 e. The van der Waals surface area contributed by atoms with Crippen molar-refractivity contribution >= 4 is 22.6 Å². The number of nitrogens with zero attached hydrogens (tertiary/aromatic N) is 3. The molecule has 0 saturated carbocycles. The quantitative estimate of drug-likeness (QED) is 0.805. The molecule has 1 amide bonds. The topological polar surface area (TPSA) is 66.3 Å². The van der Waals surface area contributed by atoms with Crippen LogP contribution in [0.15, 0.2) is 11.6 Å². The van der Waals surface area contributed by atoms with Crippen LogP contribution in [0.25, 0.3) is 0 Å². The van der Waals surface area contributed by atoms with Crippen LogP contribution in [-0.2, 0) is 11.2 Å². The van der Waals surface area contributed by atoms with Crippen LogP contribution >= 0.6 is 11.5 Å². The van der Waals surface area contributed by atoms with Crippen LogP contribution in [0.3, 0.4) is 0 Å². The Morgan fingerprint density at radius 1 is 1.67 bits per heavy atom. The maximum atomic E-state index is 11.7. The Balaban J connectivity index is 2.29. The van der Waals surface area contributed by atoms with Crippen molar-refractivity contribution in [3.8, 4) is 0 Å². The Kier molecular flexibility index (Phi) is 2.54. The molecule has 1 aromatic rings. The van der Waals surface area contributed by atoms with Gasteiger partial charge in [-0.05, 0) is 13.0 Å². The maximum absolute atomic E-state index is 11.7. The Labute approximate surface area is 91.2 Å². The molecule has 2 rings (SSSR count). The summed E-state index contributed by atoms with van der Waals surface area (Å²) < 4.78 is 4.08. The van der Waals surface area contributed by atoms with Gasteiger partial charge in [0.1, 0.15) is 5.82 Å². The highest BCUT2D eigenvalue weighted by Crippen LogP contribution is 2.26. The van der Waals surface area contributed by atoms with Crippen LogP contribution in [0.1, 0.15) is 19.7 Å². The fourth-order valence-electron chi connectivity index (χ4n) is 1.37. The first-order valence-electron chi connectivity index (χ1n) is 4.66. The lowest BCUT2D eigenvalue weighted by atomic mass is 10.3. The Morgan fingerprint density at radius 3 is 2.87 bits per heavy atom. The van der Waals surface area contributed by atoms with Gasteiger partial charge < -0.3 is 5.11 Å². The zero-order valence-corrected chi connectivity index (χ0v) is 9.28. The minimum atomic E-state index is -0.907. The molecule has 0 aromatic carbocycles. The molecule has 0 spiro atoms. The van der Waals surface area contributed by atoms with Gasteiger partial charge in [-0.25, -0.2) is 4.98 Å². The number of anilines is 1. The molecule has 1 unspecified atom stereocenters. The predicted molar refractivity (Wildman–Crippen MR) is 56.5 cm³/mol. The van der Waals surface area contributed by atoms with Gasteiger partial charge in [0.25, 0.3) is 5.91 Å². The van der Waals surface area contributed by atoms with E-state index in [1.807, 2.05) is 6.92 Å². The second kappa shape index (κ2) is 3.71. The fourth-order valence-corrected chi connectivity index (χ4v) is 2.15. The summed E-state index contributed by atoms with van der Waals surface area (Å²) in [5.74, 6) is 0.487. The third-order valence-corrected chi connectivity index (χ3v) is 2.95. The molecule has 0 bridgehead atoms. The van der Waals surface area contributed by atoms with Crippen LogP contribution in [0, 0.1) is 0 Å². The first-order chi connectivity index (χ1) is 7.13. The number of aliphatic hydroxyl groups is 1. The van der Waals surface area contributed by atoms with Crippen LogP contribution in [0.2, 0.25) is 0 Å². The van der Waals surface area contributed by atoms with E-state index in [1.54, 1.807) is 6.92 Å². The van der Waals surface area contributed by atoms with Gasteiger partial charge in [0.2, 0.25) is 5.13 Å². The van der Waals surface area contributed by atoms with E-state index in [0.29, 0.717) is 16.5 Å². The van der Waals surface area contributed by atoms with Gasteiger partial charge in [0.15, 0.2) is 6.23 Å². The molecule has 1 aliphatic heterocycles. The number of aryl methyl sites for hydroxylation is 1. The minimum absolute atomic E-state index is 0.207. The summed E-state index contributed by atoms with van der Waals surface area (Å²) in [5.41, 5.74) is 0.538. The van der Waals surface area contributed by atoms with Crippen molar-refractivity contribution in [2.75, 3.05) is 4.90 Å². The van der Waals surface area contributed by atoms with Gasteiger partial charge in [-0.15, -0.1) is 0 Å². The average molecular weight is 225 g/mol. The van der Waals surface area contributed by atoms with E-state index >= 15 is 0 Å². The molecule has 0 fully saturated rings. The molecule has 6 heteroatoms. The third-order valence-electron chi connectivity index (χ3n) is 2.20. The molecule has 2 heterocycles. The maximum Gasteiger partial charge on any atom is 0.257 e. The number of aromatic nitrogens is 2. The normalized spacial score (nSPS) is 21.0. The molecular formula is C9H11N3O2S. The number of hydrogen-bond acceptors (Lipinski definition) is 5. The lowest BCUT2D eigenvalue weighted by Crippen LogP contribution is -2.34. The predicted octanol–water partition coefficient (Wildman–Crippen LogP) is 0.712. The molecule has 0 saturated heterocycles. The summed E-state index contributed by atoms with van der Waals surface area (Å²) in [5, 5.41) is 10.1. The Hall–Kier alpha value is -1.27. The van der Waals surface area contributed by atoms with E-state index in [9.17, 15) is 9.90 Å². The van der Waals surface area contributed by atoms with Crippen LogP contribution in [0.4, 0.5) is 5.13 Å². The Bertz CT molecular complexity index is 427. The largest absolute Gasteiger partial charge is 0.369 e. The molecule has 1 aliphatic rings. The summed E-state index contributed by atoms with van der Waals surface area (Å²) in [4.78, 5) is 17.1. The molecular weight excluding hydrogens is 214 g/mol. The number of aliphatic hydroxyl groups excluding tert-OH is 1. The van der Waals surface area contributed by atoms with Crippen molar-refractivity contribution in [1.29, 1.82) is 0 Å². The summed E-state index contributed by atoms with van der Waals surface area (Å²) in [6.45, 7) is 3.62. The van der Waals surface area contributed by atoms with E-state index in [4.69, 9.17) is 0 Å². The Morgan fingerprint density at radius 2 is 2.40 bits per heavy atom. The summed E-state index contributed by atoms with van der Waals surface area (Å²) in [6.07, 6.45) is 1.33. The second-order valence-electron chi connectivity index (χ2n) is 3.29. The van der Waals surface area contributed by atoms with E-state index in [0.717, 1.165) is 18.0 Å². The van der Waals surface area contributed by atoms with Crippen molar-refractivity contribution in [3.05, 3.63) is 17.5 Å². The van der Waals surface area contributed by atoms with Gasteiger partial charge in [-0.3, -0.25) is 9.69 Å². The molecule has 0 aliphatic carbocycles. The zero-order chi connectivity index (χ0) is 11.0. The number of carbonyl (C=O) groups is 1. The fraction of sp³-hybridized carbons (Fsp3) is 0.444. The smallest absolute Gasteiger partial charge is 0.257 e. The SMILES string of the molecule is CCc1nsc(N2C(=O)C(C)=CC2O)n1. The lowest BCUT2D eigenvalue weighted by Gasteiger charge is -2.16. The number of rotatable bonds is 2. The average Bonchev–Trinajstić information content (AvgIpc) is 2.74. The highest BCUT2D eigenvalue weighted by molar-refractivity contribution is 7.10. The number of hydrogen-bond donors (Lipinski definition) is 1. The van der Waals surface area contributed by atoms with E-state index < -0.39 is 6.23 Å². The zero-order valence-electron chi connectivity index (χ0n) is 8.47. The highest BCUT2D eigenvalue weighted by atomic mass is 32.1. The highest BCUT2D eigenvalue weighted by Gasteiger charge is 2.32. The van der Waals surface area contributed by atoms with E-state index in [1.165, 1.54) is 11.0 Å². The first kappa shape index (κ1) is 10.3. The molecule has 5 nitrogen and oxygen atoms in total. The molecule has 1 atom stereocenters. The number of carbonyl (C=O) groups excluding carboxylic acids is 1. The van der Waals surface area contributed by atoms with Crippen LogP contribution < -0.4 is 4.90 Å². The third kappa shape index (κ3) is 1.66. The van der Waals surface area contributed by atoms with Crippen LogP contribution in [0.5, 0.6) is 0 Å². The van der Waals surface area contributed by atoms with Gasteiger partial charge in [0, 0.05) is 23.5 Å². The van der Waals surface area contributed by atoms with Gasteiger partial charge >= 0.3 is 0 Å². The van der Waals surface area contributed by atoms with Crippen molar-refractivity contribution in [2.45, 2.75) is 26.5 Å². The van der Waals surface area contributed by atoms with Crippen LogP contribution in [-0.4, -0.2) is 26.6 Å². The van der Waals surface area contributed by atoms with E-state index in [-0.39, 0.29) is 5.91 Å². The summed E-state index contributed by atoms with van der Waals surface area (Å²) in [7, 11) is 0. The van der Waals surface area contributed by atoms with Gasteiger partial charge in [-0.2, -0.15) is 4.37 Å². The second-order valence-corrected chi connectivity index (χ2v) is 4.02. The molecule has 1 N–H and O–H groups in total. The van der Waals surface area contributed by atoms with Gasteiger partial charge in [0.05, 0.1) is 0 Å². The van der Waals surface area contributed by atoms with Crippen molar-refractivity contribution in [3.63, 3.8) is 0 Å². The van der Waals surface area contributed by atoms with Gasteiger partial charge in [-0.1, -0.05) is 6.92 Å². The molecule has 1 aromatic heterocycles. The molecule has 0 radical (unpaired) electrons. The molecule has 15 heavy (non-hydrogen) atoms. The molecule has 80 valence electrons. The summed E-state index contributed by atoms with van der Waals surface area (Å²) >= 11 is 1.13. The summed E-state index contributed by atoms with van der Waals surface area (Å²) in [6, 6.07) is 0. The van der Waals surface area contributed by atoms with Crippen molar-refractivity contribution in [1.82, 2.24) is 9.36 Å². The standard InChI is InChI=1S/C9H11N3O2S/c1-3-6-10-9(15-11-6)12-7(13)4-5(2)8(12)14/h4,7,13H,3H2,1-2H3. The van der Waals surface area contributed by atoms with E-state index in [2.05, 4.69) is 9.36 Å². The number of amides is 1. The first-order valence-corrected chi connectivity index (χ1v) is 5.43. The monoisotopic (exact) mass is 225 g/mol. The van der Waals surface area contributed by atoms with Crippen molar-refractivity contribution in [2.24, 2.45) is 0 Å². The van der Waals surface area contributed by atoms with Crippen molar-refractivity contribution < 1.29 is 9.90 Å². The lowest BCUT2D eigenvalue weighted by molar-refractivity contribution is -0.115.